The number of nitrogens with one attached hydrogen (secondary N) is 1. The fourth-order valence-corrected chi connectivity index (χ4v) is 4.07. The smallest absolute Gasteiger partial charge is 0.369 e. The van der Waals surface area contributed by atoms with E-state index in [0.29, 0.717) is 56.3 Å². The highest BCUT2D eigenvalue weighted by molar-refractivity contribution is 5.78. The Bertz CT molecular complexity index is 1190. The number of fused-ring (bicyclic) bond motifs is 1. The van der Waals surface area contributed by atoms with Gasteiger partial charge in [-0.3, -0.25) is 14.5 Å². The van der Waals surface area contributed by atoms with Gasteiger partial charge in [-0.15, -0.1) is 0 Å². The van der Waals surface area contributed by atoms with Crippen LogP contribution in [0.5, 0.6) is 0 Å². The van der Waals surface area contributed by atoms with Crippen molar-refractivity contribution in [1.82, 2.24) is 15.4 Å². The predicted molar refractivity (Wildman–Crippen MR) is 121 cm³/mol. The molecule has 0 bridgehead atoms. The van der Waals surface area contributed by atoms with Gasteiger partial charge >= 0.3 is 6.18 Å². The third-order valence-corrected chi connectivity index (χ3v) is 6.01. The number of nitrogens with zero attached hydrogens (tertiary/aromatic N) is 3. The molecule has 1 N–H and O–H groups in total. The van der Waals surface area contributed by atoms with E-state index in [4.69, 9.17) is 4.52 Å². The summed E-state index contributed by atoms with van der Waals surface area (Å²) in [7, 11) is 0. The number of hydrogen-bond acceptors (Lipinski definition) is 6. The maximum absolute atomic E-state index is 13.0. The molecule has 1 aromatic rings. The summed E-state index contributed by atoms with van der Waals surface area (Å²) in [6.07, 6.45) is -3.88. The molecule has 180 valence electrons. The van der Waals surface area contributed by atoms with Crippen LogP contribution in [0.2, 0.25) is 0 Å². The molecule has 3 aliphatic rings. The molecule has 0 unspecified atom stereocenters. The van der Waals surface area contributed by atoms with Crippen LogP contribution in [0.4, 0.5) is 18.9 Å². The third-order valence-electron chi connectivity index (χ3n) is 6.01. The molecule has 2 heterocycles. The minimum absolute atomic E-state index is 0.126. The van der Waals surface area contributed by atoms with Crippen molar-refractivity contribution in [3.8, 4) is 11.3 Å². The van der Waals surface area contributed by atoms with E-state index in [9.17, 15) is 22.8 Å². The number of hydrogen-bond donors (Lipinski definition) is 1. The van der Waals surface area contributed by atoms with Gasteiger partial charge in [-0.25, -0.2) is 0 Å². The predicted octanol–water partition coefficient (Wildman–Crippen LogP) is 2.95. The molecule has 1 saturated heterocycles. The topological polar surface area (TPSA) is 78.7 Å². The number of amides is 1. The number of anilines is 1. The van der Waals surface area contributed by atoms with Gasteiger partial charge in [-0.1, -0.05) is 11.2 Å². The zero-order valence-electron chi connectivity index (χ0n) is 18.7. The number of aromatic nitrogens is 1. The Labute approximate surface area is 194 Å². The van der Waals surface area contributed by atoms with Crippen LogP contribution in [-0.4, -0.2) is 55.2 Å². The Morgan fingerprint density at radius 3 is 2.62 bits per heavy atom. The molecule has 0 spiro atoms. The molecule has 4 rings (SSSR count). The number of carbonyl (C=O) groups is 1. The first-order valence-corrected chi connectivity index (χ1v) is 11.0. The largest absolute Gasteiger partial charge is 0.416 e. The molecule has 0 radical (unpaired) electrons. The molecule has 0 aromatic heterocycles. The molecule has 1 aromatic carbocycles. The van der Waals surface area contributed by atoms with Gasteiger partial charge in [0.05, 0.1) is 17.8 Å². The molecular formula is C24H25F3N4O3. The Balaban J connectivity index is 1.24. The summed E-state index contributed by atoms with van der Waals surface area (Å²) in [5.41, 5.74) is 2.16. The quantitative estimate of drug-likeness (QED) is 0.592. The van der Waals surface area contributed by atoms with Crippen LogP contribution >= 0.6 is 0 Å². The molecule has 1 aliphatic carbocycles. The zero-order valence-corrected chi connectivity index (χ0v) is 18.7. The molecule has 7 nitrogen and oxygen atoms in total. The average molecular weight is 474 g/mol. The Hall–Kier alpha value is -3.40. The second-order valence-electron chi connectivity index (χ2n) is 8.32. The number of rotatable bonds is 6. The lowest BCUT2D eigenvalue weighted by molar-refractivity contribution is -0.137. The Morgan fingerprint density at radius 2 is 1.88 bits per heavy atom. The summed E-state index contributed by atoms with van der Waals surface area (Å²) in [4.78, 5) is 27.7. The molecule has 2 aliphatic heterocycles. The number of alkyl halides is 3. The van der Waals surface area contributed by atoms with Crippen molar-refractivity contribution >= 4 is 11.6 Å². The van der Waals surface area contributed by atoms with Gasteiger partial charge in [0.1, 0.15) is 0 Å². The fourth-order valence-electron chi connectivity index (χ4n) is 4.07. The summed E-state index contributed by atoms with van der Waals surface area (Å²) >= 11 is 0. The van der Waals surface area contributed by atoms with E-state index in [-0.39, 0.29) is 17.9 Å². The minimum atomic E-state index is -4.37. The summed E-state index contributed by atoms with van der Waals surface area (Å²) < 4.78 is 44.2. The van der Waals surface area contributed by atoms with E-state index in [0.717, 1.165) is 23.3 Å². The molecule has 34 heavy (non-hydrogen) atoms. The standard InChI is InChI=1S/C24H25F3N4O3/c1-16-20-6-5-19(32)14-22(20)34-29-21(16)7-8-28-23(33)15-30-9-11-31(12-10-30)18-4-2-3-17(13-18)24(25,26)27/h2-6,13-14H,7-12,15H2,1H3,(H,28,33). The van der Waals surface area contributed by atoms with Crippen LogP contribution in [-0.2, 0) is 17.4 Å². The van der Waals surface area contributed by atoms with Gasteiger partial charge in [0.25, 0.3) is 0 Å². The van der Waals surface area contributed by atoms with Crippen molar-refractivity contribution in [2.45, 2.75) is 19.5 Å². The van der Waals surface area contributed by atoms with Gasteiger partial charge in [-0.2, -0.15) is 13.2 Å². The van der Waals surface area contributed by atoms with Crippen LogP contribution < -0.4 is 15.6 Å². The molecule has 1 fully saturated rings. The van der Waals surface area contributed by atoms with Crippen molar-refractivity contribution in [2.75, 3.05) is 44.2 Å². The Kier molecular flexibility index (Phi) is 6.87. The lowest BCUT2D eigenvalue weighted by Gasteiger charge is -2.36. The number of piperazine rings is 1. The van der Waals surface area contributed by atoms with E-state index in [1.165, 1.54) is 18.2 Å². The normalized spacial score (nSPS) is 15.0. The van der Waals surface area contributed by atoms with E-state index in [2.05, 4.69) is 10.5 Å². The first kappa shape index (κ1) is 23.7. The van der Waals surface area contributed by atoms with Gasteiger partial charge in [0, 0.05) is 56.5 Å². The van der Waals surface area contributed by atoms with Crippen LogP contribution in [0.15, 0.2) is 51.8 Å². The van der Waals surface area contributed by atoms with E-state index in [1.807, 2.05) is 16.7 Å². The molecule has 1 amide bonds. The summed E-state index contributed by atoms with van der Waals surface area (Å²) in [6.45, 7) is 4.75. The Morgan fingerprint density at radius 1 is 1.12 bits per heavy atom. The lowest BCUT2D eigenvalue weighted by Crippen LogP contribution is -2.49. The van der Waals surface area contributed by atoms with Crippen molar-refractivity contribution < 1.29 is 22.5 Å². The van der Waals surface area contributed by atoms with Gasteiger partial charge < -0.3 is 14.7 Å². The first-order valence-electron chi connectivity index (χ1n) is 11.0. The lowest BCUT2D eigenvalue weighted by atomic mass is 10.0. The maximum Gasteiger partial charge on any atom is 0.416 e. The summed E-state index contributed by atoms with van der Waals surface area (Å²) in [5, 5.41) is 6.95. The number of benzene rings is 2. The fraction of sp³-hybridized carbons (Fsp3) is 0.375. The average Bonchev–Trinajstić information content (AvgIpc) is 2.80. The highest BCUT2D eigenvalue weighted by Crippen LogP contribution is 2.32. The molecule has 10 heteroatoms. The maximum atomic E-state index is 13.0. The van der Waals surface area contributed by atoms with E-state index in [1.54, 1.807) is 12.1 Å². The summed E-state index contributed by atoms with van der Waals surface area (Å²) in [5.74, 6) is 0.306. The first-order chi connectivity index (χ1) is 16.2. The van der Waals surface area contributed by atoms with Crippen LogP contribution in [0.25, 0.3) is 11.3 Å². The number of carbonyl (C=O) groups excluding carboxylic acids is 1. The van der Waals surface area contributed by atoms with Crippen LogP contribution in [0, 0.1) is 6.92 Å². The summed E-state index contributed by atoms with van der Waals surface area (Å²) in [6, 6.07) is 9.90. The van der Waals surface area contributed by atoms with Crippen molar-refractivity contribution in [2.24, 2.45) is 0 Å². The van der Waals surface area contributed by atoms with Gasteiger partial charge in [-0.05, 0) is 42.8 Å². The SMILES string of the molecule is Cc1c2ccc(=O)cc-2onc1CCNC(=O)CN1CCN(c2cccc(C(F)(F)F)c2)CC1. The minimum Gasteiger partial charge on any atom is -0.369 e. The van der Waals surface area contributed by atoms with Crippen LogP contribution in [0.3, 0.4) is 0 Å². The molecular weight excluding hydrogens is 449 g/mol. The van der Waals surface area contributed by atoms with E-state index >= 15 is 0 Å². The van der Waals surface area contributed by atoms with Gasteiger partial charge in [0.2, 0.25) is 5.91 Å². The second-order valence-corrected chi connectivity index (χ2v) is 8.32. The highest BCUT2D eigenvalue weighted by Gasteiger charge is 2.31. The van der Waals surface area contributed by atoms with Crippen molar-refractivity contribution in [1.29, 1.82) is 0 Å². The molecule has 0 saturated carbocycles. The highest BCUT2D eigenvalue weighted by atomic mass is 19.4. The molecule has 0 atom stereocenters. The van der Waals surface area contributed by atoms with Crippen molar-refractivity contribution in [3.05, 3.63) is 69.5 Å². The van der Waals surface area contributed by atoms with E-state index < -0.39 is 11.7 Å². The monoisotopic (exact) mass is 474 g/mol. The number of halogens is 3. The third kappa shape index (κ3) is 5.56. The zero-order chi connectivity index (χ0) is 24.3. The van der Waals surface area contributed by atoms with Gasteiger partial charge in [0.15, 0.2) is 11.2 Å². The van der Waals surface area contributed by atoms with Crippen molar-refractivity contribution in [3.63, 3.8) is 0 Å². The van der Waals surface area contributed by atoms with Crippen LogP contribution in [0.1, 0.15) is 16.8 Å². The second kappa shape index (κ2) is 9.84.